The number of likely N-dealkylation sites (N-methyl/N-ethyl adjacent to an activating group) is 1. The molecule has 0 unspecified atom stereocenters. The molecule has 0 fully saturated rings. The van der Waals surface area contributed by atoms with Crippen LogP contribution < -0.4 is 0 Å². The van der Waals surface area contributed by atoms with Crippen LogP contribution in [0, 0.1) is 0 Å². The van der Waals surface area contributed by atoms with Gasteiger partial charge in [-0.05, 0) is 19.2 Å². The van der Waals surface area contributed by atoms with Crippen molar-refractivity contribution in [3.05, 3.63) is 34.9 Å². The van der Waals surface area contributed by atoms with Gasteiger partial charge in [0.15, 0.2) is 5.78 Å². The number of hydrogen-bond acceptors (Lipinski definition) is 3. The zero-order chi connectivity index (χ0) is 12.0. The van der Waals surface area contributed by atoms with E-state index in [-0.39, 0.29) is 12.4 Å². The average molecular weight is 242 g/mol. The summed E-state index contributed by atoms with van der Waals surface area (Å²) in [6.07, 6.45) is 0.417. The van der Waals surface area contributed by atoms with E-state index < -0.39 is 0 Å². The van der Waals surface area contributed by atoms with Gasteiger partial charge in [-0.15, -0.1) is 0 Å². The lowest BCUT2D eigenvalue weighted by Gasteiger charge is -2.14. The first-order valence-electron chi connectivity index (χ1n) is 5.22. The van der Waals surface area contributed by atoms with Crippen LogP contribution in [0.15, 0.2) is 24.3 Å². The molecule has 0 aliphatic rings. The van der Waals surface area contributed by atoms with E-state index in [1.165, 1.54) is 0 Å². The van der Waals surface area contributed by atoms with Gasteiger partial charge in [-0.2, -0.15) is 0 Å². The van der Waals surface area contributed by atoms with Gasteiger partial charge in [0.2, 0.25) is 0 Å². The second-order valence-corrected chi connectivity index (χ2v) is 4.09. The number of aliphatic hydroxyl groups is 1. The van der Waals surface area contributed by atoms with Gasteiger partial charge in [-0.25, -0.2) is 0 Å². The number of benzene rings is 1. The van der Waals surface area contributed by atoms with E-state index in [0.717, 1.165) is 0 Å². The lowest BCUT2D eigenvalue weighted by atomic mass is 10.1. The number of nitrogens with zero attached hydrogens (tertiary/aromatic N) is 1. The summed E-state index contributed by atoms with van der Waals surface area (Å²) >= 11 is 5.92. The van der Waals surface area contributed by atoms with Crippen molar-refractivity contribution in [2.24, 2.45) is 0 Å². The second-order valence-electron chi connectivity index (χ2n) is 3.68. The van der Waals surface area contributed by atoms with E-state index >= 15 is 0 Å². The van der Waals surface area contributed by atoms with Crippen molar-refractivity contribution < 1.29 is 9.90 Å². The van der Waals surface area contributed by atoms with E-state index in [1.807, 2.05) is 11.9 Å². The van der Waals surface area contributed by atoms with Gasteiger partial charge in [-0.3, -0.25) is 4.79 Å². The largest absolute Gasteiger partial charge is 0.395 e. The van der Waals surface area contributed by atoms with Crippen molar-refractivity contribution in [1.82, 2.24) is 4.90 Å². The van der Waals surface area contributed by atoms with Gasteiger partial charge in [0.1, 0.15) is 0 Å². The zero-order valence-electron chi connectivity index (χ0n) is 9.32. The topological polar surface area (TPSA) is 40.5 Å². The van der Waals surface area contributed by atoms with Gasteiger partial charge < -0.3 is 10.0 Å². The third-order valence-corrected chi connectivity index (χ3v) is 2.71. The van der Waals surface area contributed by atoms with Crippen molar-refractivity contribution in [2.75, 3.05) is 26.7 Å². The van der Waals surface area contributed by atoms with Crippen molar-refractivity contribution >= 4 is 17.4 Å². The standard InChI is InChI=1S/C12H16ClNO2/c1-14(8-9-15)7-6-12(16)10-4-2-3-5-11(10)13/h2-5,15H,6-9H2,1H3. The Balaban J connectivity index is 2.50. The molecular weight excluding hydrogens is 226 g/mol. The fourth-order valence-corrected chi connectivity index (χ4v) is 1.64. The lowest BCUT2D eigenvalue weighted by molar-refractivity contribution is 0.0965. The molecule has 0 heterocycles. The number of halogens is 1. The highest BCUT2D eigenvalue weighted by Crippen LogP contribution is 2.16. The van der Waals surface area contributed by atoms with Crippen LogP contribution >= 0.6 is 11.6 Å². The SMILES string of the molecule is CN(CCO)CCC(=O)c1ccccc1Cl. The molecule has 0 bridgehead atoms. The maximum absolute atomic E-state index is 11.8. The number of Topliss-reactive ketones (excluding diaryl/α,β-unsaturated/α-hetero) is 1. The number of hydrogen-bond donors (Lipinski definition) is 1. The van der Waals surface area contributed by atoms with E-state index in [1.54, 1.807) is 24.3 Å². The molecule has 0 radical (unpaired) electrons. The zero-order valence-corrected chi connectivity index (χ0v) is 10.1. The van der Waals surface area contributed by atoms with Crippen LogP contribution in [0.2, 0.25) is 5.02 Å². The van der Waals surface area contributed by atoms with Crippen molar-refractivity contribution in [3.8, 4) is 0 Å². The summed E-state index contributed by atoms with van der Waals surface area (Å²) in [6, 6.07) is 7.05. The molecule has 1 aromatic rings. The molecule has 0 saturated heterocycles. The normalized spacial score (nSPS) is 10.8. The van der Waals surface area contributed by atoms with Gasteiger partial charge in [0.25, 0.3) is 0 Å². The van der Waals surface area contributed by atoms with Crippen LogP contribution in [0.5, 0.6) is 0 Å². The van der Waals surface area contributed by atoms with Crippen molar-refractivity contribution in [1.29, 1.82) is 0 Å². The molecule has 0 aliphatic heterocycles. The summed E-state index contributed by atoms with van der Waals surface area (Å²) in [5.41, 5.74) is 0.571. The van der Waals surface area contributed by atoms with Crippen LogP contribution in [0.4, 0.5) is 0 Å². The Kier molecular flexibility index (Phi) is 5.46. The molecule has 16 heavy (non-hydrogen) atoms. The minimum atomic E-state index is 0.0374. The smallest absolute Gasteiger partial charge is 0.165 e. The first-order valence-corrected chi connectivity index (χ1v) is 5.60. The number of ketones is 1. The Hall–Kier alpha value is -0.900. The number of carbonyl (C=O) groups excluding carboxylic acids is 1. The quantitative estimate of drug-likeness (QED) is 0.773. The summed E-state index contributed by atoms with van der Waals surface area (Å²) in [5.74, 6) is 0.0374. The first-order chi connectivity index (χ1) is 7.65. The molecule has 0 saturated carbocycles. The Bertz CT molecular complexity index is 355. The van der Waals surface area contributed by atoms with Gasteiger partial charge in [0.05, 0.1) is 11.6 Å². The predicted molar refractivity (Wildman–Crippen MR) is 65.0 cm³/mol. The van der Waals surface area contributed by atoms with Gasteiger partial charge in [-0.1, -0.05) is 23.7 Å². The van der Waals surface area contributed by atoms with E-state index in [2.05, 4.69) is 0 Å². The summed E-state index contributed by atoms with van der Waals surface area (Å²) in [6.45, 7) is 1.32. The fourth-order valence-electron chi connectivity index (χ4n) is 1.40. The monoisotopic (exact) mass is 241 g/mol. The van der Waals surface area contributed by atoms with Gasteiger partial charge >= 0.3 is 0 Å². The van der Waals surface area contributed by atoms with Crippen molar-refractivity contribution in [3.63, 3.8) is 0 Å². The molecule has 0 atom stereocenters. The number of rotatable bonds is 6. The predicted octanol–water partition coefficient (Wildman–Crippen LogP) is 1.84. The Morgan fingerprint density at radius 1 is 1.38 bits per heavy atom. The summed E-state index contributed by atoms with van der Waals surface area (Å²) in [4.78, 5) is 13.7. The van der Waals surface area contributed by atoms with Crippen LogP contribution in [-0.2, 0) is 0 Å². The molecule has 0 aliphatic carbocycles. The van der Waals surface area contributed by atoms with Gasteiger partial charge in [0, 0.05) is 25.1 Å². The third kappa shape index (κ3) is 3.93. The average Bonchev–Trinajstić information content (AvgIpc) is 2.27. The third-order valence-electron chi connectivity index (χ3n) is 2.38. The minimum Gasteiger partial charge on any atom is -0.395 e. The van der Waals surface area contributed by atoms with E-state index in [0.29, 0.717) is 30.1 Å². The molecule has 3 nitrogen and oxygen atoms in total. The number of aliphatic hydroxyl groups excluding tert-OH is 1. The van der Waals surface area contributed by atoms with E-state index in [4.69, 9.17) is 16.7 Å². The maximum atomic E-state index is 11.8. The highest BCUT2D eigenvalue weighted by Gasteiger charge is 2.10. The molecule has 1 aromatic carbocycles. The second kappa shape index (κ2) is 6.63. The minimum absolute atomic E-state index is 0.0374. The Labute approximate surface area is 101 Å². The lowest BCUT2D eigenvalue weighted by Crippen LogP contribution is -2.25. The van der Waals surface area contributed by atoms with E-state index in [9.17, 15) is 4.79 Å². The molecule has 88 valence electrons. The molecule has 1 rings (SSSR count). The molecule has 0 spiro atoms. The highest BCUT2D eigenvalue weighted by molar-refractivity contribution is 6.33. The Morgan fingerprint density at radius 3 is 2.69 bits per heavy atom. The van der Waals surface area contributed by atoms with Crippen molar-refractivity contribution in [2.45, 2.75) is 6.42 Å². The Morgan fingerprint density at radius 2 is 2.06 bits per heavy atom. The van der Waals surface area contributed by atoms with Crippen LogP contribution in [0.3, 0.4) is 0 Å². The summed E-state index contributed by atoms with van der Waals surface area (Å²) in [5, 5.41) is 9.21. The fraction of sp³-hybridized carbons (Fsp3) is 0.417. The molecule has 0 amide bonds. The summed E-state index contributed by atoms with van der Waals surface area (Å²) in [7, 11) is 1.87. The molecule has 1 N–H and O–H groups in total. The summed E-state index contributed by atoms with van der Waals surface area (Å²) < 4.78 is 0. The first kappa shape index (κ1) is 13.2. The van der Waals surface area contributed by atoms with Crippen LogP contribution in [0.1, 0.15) is 16.8 Å². The molecule has 0 aromatic heterocycles. The molecular formula is C12H16ClNO2. The highest BCUT2D eigenvalue weighted by atomic mass is 35.5. The van der Waals surface area contributed by atoms with Crippen LogP contribution in [-0.4, -0.2) is 42.5 Å². The maximum Gasteiger partial charge on any atom is 0.165 e. The molecule has 4 heteroatoms. The van der Waals surface area contributed by atoms with Crippen LogP contribution in [0.25, 0.3) is 0 Å². The number of carbonyl (C=O) groups is 1.